The summed E-state index contributed by atoms with van der Waals surface area (Å²) < 4.78 is 7.59. The van der Waals surface area contributed by atoms with Crippen LogP contribution in [0.3, 0.4) is 0 Å². The summed E-state index contributed by atoms with van der Waals surface area (Å²) in [6, 6.07) is 0. The van der Waals surface area contributed by atoms with Crippen LogP contribution in [0.5, 0.6) is 0 Å². The molecule has 0 aliphatic rings. The number of rotatable bonds is 6. The molecule has 1 aromatic rings. The van der Waals surface area contributed by atoms with E-state index in [1.165, 1.54) is 0 Å². The van der Waals surface area contributed by atoms with Crippen LogP contribution >= 0.6 is 0 Å². The van der Waals surface area contributed by atoms with E-state index in [0.717, 1.165) is 18.8 Å². The number of aryl methyl sites for hydroxylation is 1. The molecule has 2 N–H and O–H groups in total. The molecular formula is C10H20N4O. The molecule has 0 bridgehead atoms. The van der Waals surface area contributed by atoms with Gasteiger partial charge in [0.05, 0.1) is 5.60 Å². The van der Waals surface area contributed by atoms with Gasteiger partial charge in [-0.25, -0.2) is 9.67 Å². The van der Waals surface area contributed by atoms with Crippen LogP contribution in [0.15, 0.2) is 6.33 Å². The maximum absolute atomic E-state index is 5.77. The lowest BCUT2D eigenvalue weighted by Crippen LogP contribution is -2.37. The molecule has 0 amide bonds. The molecule has 1 atom stereocenters. The molecule has 1 aromatic heterocycles. The Labute approximate surface area is 90.6 Å². The first kappa shape index (κ1) is 12.1. The molecule has 0 radical (unpaired) electrons. The SMILES string of the molecule is CCn1ncnc1COC(C)(CC)CN. The summed E-state index contributed by atoms with van der Waals surface area (Å²) in [5, 5.41) is 4.08. The predicted octanol–water partition coefficient (Wildman–Crippen LogP) is 0.942. The maximum atomic E-state index is 5.77. The van der Waals surface area contributed by atoms with Gasteiger partial charge < -0.3 is 10.5 Å². The van der Waals surface area contributed by atoms with E-state index < -0.39 is 0 Å². The second-order valence-corrected chi connectivity index (χ2v) is 3.79. The molecule has 0 aliphatic heterocycles. The quantitative estimate of drug-likeness (QED) is 0.762. The van der Waals surface area contributed by atoms with Gasteiger partial charge >= 0.3 is 0 Å². The standard InChI is InChI=1S/C10H20N4O/c1-4-10(3,7-11)15-6-9-12-8-13-14(9)5-2/h8H,4-7,11H2,1-3H3. The number of hydrogen-bond acceptors (Lipinski definition) is 4. The fourth-order valence-corrected chi connectivity index (χ4v) is 1.21. The molecular weight excluding hydrogens is 192 g/mol. The minimum absolute atomic E-state index is 0.259. The Morgan fingerprint density at radius 1 is 1.53 bits per heavy atom. The average molecular weight is 212 g/mol. The van der Waals surface area contributed by atoms with Crippen LogP contribution in [-0.2, 0) is 17.9 Å². The second kappa shape index (κ2) is 5.23. The Hall–Kier alpha value is -0.940. The van der Waals surface area contributed by atoms with Gasteiger partial charge in [-0.2, -0.15) is 5.10 Å². The van der Waals surface area contributed by atoms with E-state index in [4.69, 9.17) is 10.5 Å². The molecule has 0 saturated heterocycles. The third kappa shape index (κ3) is 3.00. The molecule has 0 fully saturated rings. The van der Waals surface area contributed by atoms with Crippen molar-refractivity contribution in [3.8, 4) is 0 Å². The minimum Gasteiger partial charge on any atom is -0.366 e. The largest absolute Gasteiger partial charge is 0.366 e. The van der Waals surface area contributed by atoms with E-state index in [9.17, 15) is 0 Å². The predicted molar refractivity (Wildman–Crippen MR) is 58.2 cm³/mol. The fraction of sp³-hybridized carbons (Fsp3) is 0.800. The minimum atomic E-state index is -0.259. The van der Waals surface area contributed by atoms with Crippen molar-refractivity contribution in [3.05, 3.63) is 12.2 Å². The van der Waals surface area contributed by atoms with Crippen LogP contribution in [0.25, 0.3) is 0 Å². The normalized spacial score (nSPS) is 15.2. The van der Waals surface area contributed by atoms with Gasteiger partial charge in [0.2, 0.25) is 0 Å². The van der Waals surface area contributed by atoms with Crippen molar-refractivity contribution in [1.29, 1.82) is 0 Å². The second-order valence-electron chi connectivity index (χ2n) is 3.79. The molecule has 5 heteroatoms. The van der Waals surface area contributed by atoms with Gasteiger partial charge in [0.1, 0.15) is 12.9 Å². The molecule has 86 valence electrons. The lowest BCUT2D eigenvalue weighted by Gasteiger charge is -2.26. The van der Waals surface area contributed by atoms with Crippen LogP contribution in [0.2, 0.25) is 0 Å². The Morgan fingerprint density at radius 2 is 2.27 bits per heavy atom. The number of ether oxygens (including phenoxy) is 1. The first-order valence-electron chi connectivity index (χ1n) is 5.36. The lowest BCUT2D eigenvalue weighted by atomic mass is 10.0. The molecule has 1 heterocycles. The van der Waals surface area contributed by atoms with Gasteiger partial charge in [-0.3, -0.25) is 0 Å². The van der Waals surface area contributed by atoms with Gasteiger partial charge in [-0.15, -0.1) is 0 Å². The van der Waals surface area contributed by atoms with Crippen LogP contribution in [-0.4, -0.2) is 26.9 Å². The van der Waals surface area contributed by atoms with Crippen LogP contribution in [0.4, 0.5) is 0 Å². The lowest BCUT2D eigenvalue weighted by molar-refractivity contribution is -0.0428. The van der Waals surface area contributed by atoms with Crippen molar-refractivity contribution in [2.75, 3.05) is 6.54 Å². The number of hydrogen-bond donors (Lipinski definition) is 1. The third-order valence-electron chi connectivity index (χ3n) is 2.72. The van der Waals surface area contributed by atoms with E-state index in [2.05, 4.69) is 17.0 Å². The van der Waals surface area contributed by atoms with Gasteiger partial charge in [0.25, 0.3) is 0 Å². The van der Waals surface area contributed by atoms with Crippen molar-refractivity contribution in [2.45, 2.75) is 45.9 Å². The van der Waals surface area contributed by atoms with Crippen molar-refractivity contribution < 1.29 is 4.74 Å². The third-order valence-corrected chi connectivity index (χ3v) is 2.72. The van der Waals surface area contributed by atoms with Crippen LogP contribution in [0.1, 0.15) is 33.0 Å². The zero-order valence-corrected chi connectivity index (χ0v) is 9.73. The van der Waals surface area contributed by atoms with Gasteiger partial charge in [0.15, 0.2) is 5.82 Å². The summed E-state index contributed by atoms with van der Waals surface area (Å²) in [7, 11) is 0. The molecule has 0 saturated carbocycles. The van der Waals surface area contributed by atoms with Crippen LogP contribution < -0.4 is 5.73 Å². The van der Waals surface area contributed by atoms with E-state index in [-0.39, 0.29) is 5.60 Å². The van der Waals surface area contributed by atoms with Gasteiger partial charge in [-0.1, -0.05) is 6.92 Å². The highest BCUT2D eigenvalue weighted by molar-refractivity contribution is 4.83. The summed E-state index contributed by atoms with van der Waals surface area (Å²) in [4.78, 5) is 4.14. The molecule has 1 unspecified atom stereocenters. The van der Waals surface area contributed by atoms with Crippen molar-refractivity contribution >= 4 is 0 Å². The summed E-state index contributed by atoms with van der Waals surface area (Å²) in [5.41, 5.74) is 5.40. The number of nitrogens with zero attached hydrogens (tertiary/aromatic N) is 3. The summed E-state index contributed by atoms with van der Waals surface area (Å²) in [6.45, 7) is 7.90. The summed E-state index contributed by atoms with van der Waals surface area (Å²) in [6.07, 6.45) is 2.44. The average Bonchev–Trinajstić information content (AvgIpc) is 2.73. The van der Waals surface area contributed by atoms with E-state index in [1.54, 1.807) is 6.33 Å². The summed E-state index contributed by atoms with van der Waals surface area (Å²) >= 11 is 0. The summed E-state index contributed by atoms with van der Waals surface area (Å²) in [5.74, 6) is 0.852. The molecule has 0 aliphatic carbocycles. The Morgan fingerprint density at radius 3 is 2.80 bits per heavy atom. The molecule has 15 heavy (non-hydrogen) atoms. The Bertz CT molecular complexity index is 293. The molecule has 1 rings (SSSR count). The highest BCUT2D eigenvalue weighted by Crippen LogP contribution is 2.15. The zero-order chi connectivity index (χ0) is 11.3. The van der Waals surface area contributed by atoms with Crippen molar-refractivity contribution in [2.24, 2.45) is 5.73 Å². The van der Waals surface area contributed by atoms with E-state index in [1.807, 2.05) is 18.5 Å². The first-order chi connectivity index (χ1) is 7.15. The molecule has 0 aromatic carbocycles. The number of nitrogens with two attached hydrogens (primary N) is 1. The first-order valence-corrected chi connectivity index (χ1v) is 5.36. The smallest absolute Gasteiger partial charge is 0.152 e. The zero-order valence-electron chi connectivity index (χ0n) is 9.73. The van der Waals surface area contributed by atoms with Gasteiger partial charge in [-0.05, 0) is 20.3 Å². The Balaban J connectivity index is 2.56. The fourth-order valence-electron chi connectivity index (χ4n) is 1.21. The molecule has 0 spiro atoms. The topological polar surface area (TPSA) is 66.0 Å². The maximum Gasteiger partial charge on any atom is 0.152 e. The number of aromatic nitrogens is 3. The van der Waals surface area contributed by atoms with Crippen molar-refractivity contribution in [1.82, 2.24) is 14.8 Å². The highest BCUT2D eigenvalue weighted by atomic mass is 16.5. The van der Waals surface area contributed by atoms with Crippen molar-refractivity contribution in [3.63, 3.8) is 0 Å². The molecule has 5 nitrogen and oxygen atoms in total. The van der Waals surface area contributed by atoms with Gasteiger partial charge in [0, 0.05) is 13.1 Å². The van der Waals surface area contributed by atoms with E-state index >= 15 is 0 Å². The monoisotopic (exact) mass is 212 g/mol. The van der Waals surface area contributed by atoms with E-state index in [0.29, 0.717) is 13.2 Å². The Kier molecular flexibility index (Phi) is 4.23. The van der Waals surface area contributed by atoms with Crippen LogP contribution in [0, 0.1) is 0 Å². The highest BCUT2D eigenvalue weighted by Gasteiger charge is 2.21.